The summed E-state index contributed by atoms with van der Waals surface area (Å²) in [6, 6.07) is 5.02. The summed E-state index contributed by atoms with van der Waals surface area (Å²) >= 11 is 0. The highest BCUT2D eigenvalue weighted by Gasteiger charge is 2.64. The first-order chi connectivity index (χ1) is 12.4. The first kappa shape index (κ1) is 16.1. The van der Waals surface area contributed by atoms with Crippen molar-refractivity contribution in [3.05, 3.63) is 23.9 Å². The van der Waals surface area contributed by atoms with E-state index in [1.165, 1.54) is 62.7 Å². The first-order valence-electron chi connectivity index (χ1n) is 10.4. The van der Waals surface area contributed by atoms with Crippen LogP contribution in [-0.2, 0) is 11.3 Å². The Labute approximate surface area is 151 Å². The van der Waals surface area contributed by atoms with Gasteiger partial charge >= 0.3 is 0 Å². The maximum atomic E-state index is 6.13. The van der Waals surface area contributed by atoms with Gasteiger partial charge in [-0.05, 0) is 44.6 Å². The van der Waals surface area contributed by atoms with Gasteiger partial charge in [-0.1, -0.05) is 18.9 Å². The molecule has 1 N–H and O–H groups in total. The van der Waals surface area contributed by atoms with E-state index >= 15 is 0 Å². The Bertz CT molecular complexity index is 607. The molecule has 2 saturated carbocycles. The molecule has 1 aromatic heterocycles. The van der Waals surface area contributed by atoms with Crippen LogP contribution in [0.3, 0.4) is 0 Å². The molecule has 4 nitrogen and oxygen atoms in total. The molecule has 5 rings (SSSR count). The van der Waals surface area contributed by atoms with Crippen LogP contribution in [0.2, 0.25) is 0 Å². The van der Waals surface area contributed by atoms with Gasteiger partial charge in [0.25, 0.3) is 0 Å². The Balaban J connectivity index is 1.31. The molecule has 2 aliphatic heterocycles. The van der Waals surface area contributed by atoms with Gasteiger partial charge < -0.3 is 15.0 Å². The number of aromatic nitrogens is 1. The highest BCUT2D eigenvalue weighted by molar-refractivity contribution is 5.47. The summed E-state index contributed by atoms with van der Waals surface area (Å²) in [4.78, 5) is 7.24. The quantitative estimate of drug-likeness (QED) is 0.909. The Morgan fingerprint density at radius 2 is 2.00 bits per heavy atom. The SMILES string of the molecule is c1cnc(N2CCCCC2)c(CN[C@@H]2[C@H]3CCO[C@@H]3C23CCCC3)c1. The average molecular weight is 341 g/mol. The summed E-state index contributed by atoms with van der Waals surface area (Å²) in [5, 5.41) is 3.97. The average Bonchev–Trinajstić information content (AvgIpc) is 3.32. The van der Waals surface area contributed by atoms with E-state index in [0.29, 0.717) is 17.6 Å². The maximum Gasteiger partial charge on any atom is 0.133 e. The number of nitrogens with one attached hydrogen (secondary N) is 1. The molecule has 2 saturated heterocycles. The number of nitrogens with zero attached hydrogens (tertiary/aromatic N) is 2. The van der Waals surface area contributed by atoms with E-state index in [2.05, 4.69) is 22.3 Å². The second kappa shape index (κ2) is 6.55. The van der Waals surface area contributed by atoms with Crippen molar-refractivity contribution >= 4 is 5.82 Å². The zero-order valence-corrected chi connectivity index (χ0v) is 15.3. The van der Waals surface area contributed by atoms with Crippen molar-refractivity contribution in [1.29, 1.82) is 0 Å². The van der Waals surface area contributed by atoms with Gasteiger partial charge in [0.2, 0.25) is 0 Å². The zero-order valence-electron chi connectivity index (χ0n) is 15.3. The summed E-state index contributed by atoms with van der Waals surface area (Å²) in [6.07, 6.45) is 13.2. The van der Waals surface area contributed by atoms with Crippen molar-refractivity contribution in [2.24, 2.45) is 11.3 Å². The van der Waals surface area contributed by atoms with Gasteiger partial charge in [0.15, 0.2) is 0 Å². The molecule has 0 aromatic carbocycles. The standard InChI is InChI=1S/C21H31N3O/c1-4-12-24(13-5-1)20-16(7-6-11-22-20)15-23-18-17-8-14-25-19(17)21(18)9-2-3-10-21/h6-7,11,17-19,23H,1-5,8-10,12-15H2/t17-,18-,19+/m1/s1. The topological polar surface area (TPSA) is 37.4 Å². The van der Waals surface area contributed by atoms with Crippen molar-refractivity contribution in [3.63, 3.8) is 0 Å². The number of hydrogen-bond acceptors (Lipinski definition) is 4. The highest BCUT2D eigenvalue weighted by Crippen LogP contribution is 2.60. The molecular weight excluding hydrogens is 310 g/mol. The molecular formula is C21H31N3O. The molecule has 4 aliphatic rings. The van der Waals surface area contributed by atoms with Crippen LogP contribution in [0.15, 0.2) is 18.3 Å². The Hall–Kier alpha value is -1.13. The fourth-order valence-electron chi connectivity index (χ4n) is 6.19. The van der Waals surface area contributed by atoms with Crippen LogP contribution in [0.1, 0.15) is 56.9 Å². The third-order valence-electron chi connectivity index (χ3n) is 7.32. The summed E-state index contributed by atoms with van der Waals surface area (Å²) in [5.74, 6) is 1.96. The van der Waals surface area contributed by atoms with Crippen LogP contribution in [0, 0.1) is 11.3 Å². The largest absolute Gasteiger partial charge is 0.377 e. The lowest BCUT2D eigenvalue weighted by molar-refractivity contribution is -0.130. The third-order valence-corrected chi connectivity index (χ3v) is 7.32. The fourth-order valence-corrected chi connectivity index (χ4v) is 6.19. The van der Waals surface area contributed by atoms with E-state index < -0.39 is 0 Å². The molecule has 136 valence electrons. The predicted octanol–water partition coefficient (Wildman–Crippen LogP) is 3.51. The van der Waals surface area contributed by atoms with Gasteiger partial charge in [-0.25, -0.2) is 4.98 Å². The van der Waals surface area contributed by atoms with Crippen LogP contribution in [0.5, 0.6) is 0 Å². The molecule has 3 atom stereocenters. The Kier molecular flexibility index (Phi) is 4.21. The van der Waals surface area contributed by atoms with Gasteiger partial charge in [-0.15, -0.1) is 0 Å². The number of ether oxygens (including phenoxy) is 1. The second-order valence-electron chi connectivity index (χ2n) is 8.58. The molecule has 0 radical (unpaired) electrons. The van der Waals surface area contributed by atoms with E-state index in [0.717, 1.165) is 32.2 Å². The number of rotatable bonds is 4. The van der Waals surface area contributed by atoms with Gasteiger partial charge in [-0.2, -0.15) is 0 Å². The van der Waals surface area contributed by atoms with Crippen molar-refractivity contribution in [2.45, 2.75) is 70.1 Å². The fraction of sp³-hybridized carbons (Fsp3) is 0.762. The number of fused-ring (bicyclic) bond motifs is 2. The molecule has 1 spiro atoms. The lowest BCUT2D eigenvalue weighted by atomic mass is 9.54. The molecule has 25 heavy (non-hydrogen) atoms. The minimum absolute atomic E-state index is 0.439. The van der Waals surface area contributed by atoms with E-state index in [1.54, 1.807) is 0 Å². The molecule has 0 unspecified atom stereocenters. The molecule has 1 aromatic rings. The van der Waals surface area contributed by atoms with Crippen LogP contribution in [0.25, 0.3) is 0 Å². The number of piperidine rings is 1. The van der Waals surface area contributed by atoms with Crippen LogP contribution in [-0.4, -0.2) is 36.8 Å². The molecule has 0 amide bonds. The van der Waals surface area contributed by atoms with Gasteiger partial charge in [0.1, 0.15) is 5.82 Å². The van der Waals surface area contributed by atoms with E-state index in [1.807, 2.05) is 6.20 Å². The minimum atomic E-state index is 0.439. The van der Waals surface area contributed by atoms with Gasteiger partial charge in [0.05, 0.1) is 6.10 Å². The molecule has 0 bridgehead atoms. The number of pyridine rings is 1. The first-order valence-corrected chi connectivity index (χ1v) is 10.4. The Morgan fingerprint density at radius 3 is 2.84 bits per heavy atom. The molecule has 2 aliphatic carbocycles. The van der Waals surface area contributed by atoms with Crippen molar-refractivity contribution in [2.75, 3.05) is 24.6 Å². The van der Waals surface area contributed by atoms with Crippen molar-refractivity contribution in [3.8, 4) is 0 Å². The minimum Gasteiger partial charge on any atom is -0.377 e. The second-order valence-corrected chi connectivity index (χ2v) is 8.58. The summed E-state index contributed by atoms with van der Waals surface area (Å²) < 4.78 is 6.13. The smallest absolute Gasteiger partial charge is 0.133 e. The number of anilines is 1. The van der Waals surface area contributed by atoms with Crippen molar-refractivity contribution in [1.82, 2.24) is 10.3 Å². The maximum absolute atomic E-state index is 6.13. The van der Waals surface area contributed by atoms with Crippen LogP contribution < -0.4 is 10.2 Å². The summed E-state index contributed by atoms with van der Waals surface area (Å²) in [7, 11) is 0. The third kappa shape index (κ3) is 2.60. The summed E-state index contributed by atoms with van der Waals surface area (Å²) in [6.45, 7) is 4.25. The van der Waals surface area contributed by atoms with E-state index in [9.17, 15) is 0 Å². The van der Waals surface area contributed by atoms with Crippen LogP contribution in [0.4, 0.5) is 5.82 Å². The van der Waals surface area contributed by atoms with E-state index in [-0.39, 0.29) is 0 Å². The Morgan fingerprint density at radius 1 is 1.16 bits per heavy atom. The monoisotopic (exact) mass is 341 g/mol. The van der Waals surface area contributed by atoms with Gasteiger partial charge in [0, 0.05) is 55.4 Å². The van der Waals surface area contributed by atoms with Gasteiger partial charge in [-0.3, -0.25) is 0 Å². The lowest BCUT2D eigenvalue weighted by Crippen LogP contribution is -2.67. The molecule has 4 heteroatoms. The predicted molar refractivity (Wildman–Crippen MR) is 99.7 cm³/mol. The number of hydrogen-bond donors (Lipinski definition) is 1. The van der Waals surface area contributed by atoms with Crippen LogP contribution >= 0.6 is 0 Å². The highest BCUT2D eigenvalue weighted by atomic mass is 16.5. The zero-order chi connectivity index (χ0) is 16.7. The normalized spacial score (nSPS) is 33.4. The molecule has 4 fully saturated rings. The van der Waals surface area contributed by atoms with E-state index in [4.69, 9.17) is 9.72 Å². The lowest BCUT2D eigenvalue weighted by Gasteiger charge is -2.57. The molecule has 3 heterocycles. The van der Waals surface area contributed by atoms with Crippen molar-refractivity contribution < 1.29 is 4.74 Å². The summed E-state index contributed by atoms with van der Waals surface area (Å²) in [5.41, 5.74) is 1.81.